The van der Waals surface area contributed by atoms with Gasteiger partial charge in [-0.15, -0.1) is 0 Å². The van der Waals surface area contributed by atoms with Crippen LogP contribution in [0, 0.1) is 0 Å². The van der Waals surface area contributed by atoms with Crippen LogP contribution in [-0.2, 0) is 4.74 Å². The summed E-state index contributed by atoms with van der Waals surface area (Å²) in [6.45, 7) is 6.23. The van der Waals surface area contributed by atoms with E-state index in [1.807, 2.05) is 0 Å². The van der Waals surface area contributed by atoms with Gasteiger partial charge in [0.25, 0.3) is 0 Å². The molecule has 0 spiro atoms. The van der Waals surface area contributed by atoms with Crippen LogP contribution in [0.3, 0.4) is 0 Å². The van der Waals surface area contributed by atoms with Crippen molar-refractivity contribution in [1.82, 2.24) is 4.90 Å². The van der Waals surface area contributed by atoms with Crippen LogP contribution in [0.25, 0.3) is 0 Å². The summed E-state index contributed by atoms with van der Waals surface area (Å²) in [6.07, 6.45) is 4.58. The van der Waals surface area contributed by atoms with Gasteiger partial charge in [0.1, 0.15) is 6.61 Å². The Bertz CT molecular complexity index is 179. The third kappa shape index (κ3) is 1.78. The number of rotatable bonds is 4. The highest BCUT2D eigenvalue weighted by Gasteiger charge is 2.29. The third-order valence-corrected chi connectivity index (χ3v) is 2.09. The molecular weight excluding hydrogens is 154 g/mol. The Kier molecular flexibility index (Phi) is 3.14. The third-order valence-electron chi connectivity index (χ3n) is 2.09. The van der Waals surface area contributed by atoms with Gasteiger partial charge in [0, 0.05) is 6.20 Å². The van der Waals surface area contributed by atoms with E-state index in [1.54, 1.807) is 11.1 Å². The fourth-order valence-electron chi connectivity index (χ4n) is 1.36. The maximum Gasteiger partial charge on any atom is 0.414 e. The largest absolute Gasteiger partial charge is 0.447 e. The van der Waals surface area contributed by atoms with Gasteiger partial charge in [-0.1, -0.05) is 26.3 Å². The first-order chi connectivity index (χ1) is 5.79. The van der Waals surface area contributed by atoms with Gasteiger partial charge < -0.3 is 4.74 Å². The van der Waals surface area contributed by atoms with E-state index in [9.17, 15) is 4.79 Å². The first-order valence-electron chi connectivity index (χ1n) is 4.37. The topological polar surface area (TPSA) is 29.5 Å². The lowest BCUT2D eigenvalue weighted by Crippen LogP contribution is -2.27. The van der Waals surface area contributed by atoms with Crippen molar-refractivity contribution in [2.24, 2.45) is 0 Å². The molecule has 1 rings (SSSR count). The normalized spacial score (nSPS) is 22.6. The molecule has 1 amide bonds. The zero-order valence-electron chi connectivity index (χ0n) is 7.45. The average Bonchev–Trinajstić information content (AvgIpc) is 2.43. The Morgan fingerprint density at radius 1 is 1.83 bits per heavy atom. The molecule has 1 aliphatic heterocycles. The van der Waals surface area contributed by atoms with E-state index < -0.39 is 0 Å². The number of unbranched alkanes of at least 4 members (excludes halogenated alkanes) is 1. The second-order valence-corrected chi connectivity index (χ2v) is 2.96. The molecule has 0 radical (unpaired) electrons. The second kappa shape index (κ2) is 4.14. The monoisotopic (exact) mass is 169 g/mol. The summed E-state index contributed by atoms with van der Waals surface area (Å²) in [5.41, 5.74) is 0. The zero-order valence-corrected chi connectivity index (χ0v) is 7.45. The Morgan fingerprint density at radius 2 is 2.58 bits per heavy atom. The summed E-state index contributed by atoms with van der Waals surface area (Å²) in [5.74, 6) is 0. The number of nitrogens with zero attached hydrogens (tertiary/aromatic N) is 1. The fourth-order valence-corrected chi connectivity index (χ4v) is 1.36. The molecule has 0 aromatic carbocycles. The van der Waals surface area contributed by atoms with E-state index in [0.717, 1.165) is 19.3 Å². The Balaban J connectivity index is 2.43. The molecule has 0 saturated carbocycles. The summed E-state index contributed by atoms with van der Waals surface area (Å²) in [7, 11) is 0. The van der Waals surface area contributed by atoms with Crippen molar-refractivity contribution in [3.63, 3.8) is 0 Å². The summed E-state index contributed by atoms with van der Waals surface area (Å²) in [4.78, 5) is 12.6. The predicted octanol–water partition coefficient (Wildman–Crippen LogP) is 2.14. The molecule has 1 saturated heterocycles. The number of amides is 1. The molecule has 68 valence electrons. The highest BCUT2D eigenvalue weighted by atomic mass is 16.6. The summed E-state index contributed by atoms with van der Waals surface area (Å²) in [5, 5.41) is 0. The van der Waals surface area contributed by atoms with Gasteiger partial charge in [0.05, 0.1) is 6.04 Å². The summed E-state index contributed by atoms with van der Waals surface area (Å²) < 4.78 is 4.88. The van der Waals surface area contributed by atoms with Gasteiger partial charge in [-0.25, -0.2) is 4.79 Å². The minimum Gasteiger partial charge on any atom is -0.447 e. The maximum atomic E-state index is 11.0. The van der Waals surface area contributed by atoms with Crippen molar-refractivity contribution in [2.75, 3.05) is 6.61 Å². The van der Waals surface area contributed by atoms with Crippen molar-refractivity contribution in [2.45, 2.75) is 32.2 Å². The standard InChI is InChI=1S/C9H15NO2/c1-3-5-6-8-7-12-9(11)10(8)4-2/h4,8H,2-3,5-7H2,1H3/t8-/m1/s1. The lowest BCUT2D eigenvalue weighted by Gasteiger charge is -2.15. The maximum absolute atomic E-state index is 11.0. The molecule has 12 heavy (non-hydrogen) atoms. The van der Waals surface area contributed by atoms with E-state index in [0.29, 0.717) is 6.61 Å². The molecule has 0 aromatic rings. The van der Waals surface area contributed by atoms with Gasteiger partial charge in [-0.05, 0) is 6.42 Å². The number of carbonyl (C=O) groups is 1. The number of hydrogen-bond donors (Lipinski definition) is 0. The smallest absolute Gasteiger partial charge is 0.414 e. The SMILES string of the molecule is C=CN1C(=O)OC[C@H]1CCCC. The number of hydrogen-bond acceptors (Lipinski definition) is 2. The number of cyclic esters (lactones) is 1. The van der Waals surface area contributed by atoms with Crippen LogP contribution in [-0.4, -0.2) is 23.6 Å². The minimum atomic E-state index is -0.258. The van der Waals surface area contributed by atoms with Crippen molar-refractivity contribution < 1.29 is 9.53 Å². The number of carbonyl (C=O) groups excluding carboxylic acids is 1. The van der Waals surface area contributed by atoms with E-state index in [-0.39, 0.29) is 12.1 Å². The lowest BCUT2D eigenvalue weighted by molar-refractivity contribution is 0.166. The van der Waals surface area contributed by atoms with Crippen LogP contribution in [0.4, 0.5) is 4.79 Å². The molecule has 1 heterocycles. The highest BCUT2D eigenvalue weighted by Crippen LogP contribution is 2.17. The molecule has 0 N–H and O–H groups in total. The molecule has 3 heteroatoms. The molecule has 0 aromatic heterocycles. The van der Waals surface area contributed by atoms with Gasteiger partial charge in [0.2, 0.25) is 0 Å². The molecular formula is C9H15NO2. The van der Waals surface area contributed by atoms with Crippen LogP contribution in [0.1, 0.15) is 26.2 Å². The van der Waals surface area contributed by atoms with Crippen molar-refractivity contribution >= 4 is 6.09 Å². The van der Waals surface area contributed by atoms with Crippen LogP contribution in [0.5, 0.6) is 0 Å². The van der Waals surface area contributed by atoms with Crippen LogP contribution >= 0.6 is 0 Å². The summed E-state index contributed by atoms with van der Waals surface area (Å²) in [6, 6.07) is 0.218. The van der Waals surface area contributed by atoms with Gasteiger partial charge >= 0.3 is 6.09 Å². The van der Waals surface area contributed by atoms with Crippen LogP contribution in [0.2, 0.25) is 0 Å². The fraction of sp³-hybridized carbons (Fsp3) is 0.667. The van der Waals surface area contributed by atoms with Crippen molar-refractivity contribution in [1.29, 1.82) is 0 Å². The second-order valence-electron chi connectivity index (χ2n) is 2.96. The molecule has 0 aliphatic carbocycles. The molecule has 1 atom stereocenters. The van der Waals surface area contributed by atoms with E-state index in [2.05, 4.69) is 13.5 Å². The molecule has 0 unspecified atom stereocenters. The Hall–Kier alpha value is -0.990. The first-order valence-corrected chi connectivity index (χ1v) is 4.37. The molecule has 1 aliphatic rings. The van der Waals surface area contributed by atoms with Crippen LogP contribution in [0.15, 0.2) is 12.8 Å². The number of ether oxygens (including phenoxy) is 1. The Labute approximate surface area is 73.0 Å². The van der Waals surface area contributed by atoms with Gasteiger partial charge in [0.15, 0.2) is 0 Å². The molecule has 0 bridgehead atoms. The highest BCUT2D eigenvalue weighted by molar-refractivity contribution is 5.71. The quantitative estimate of drug-likeness (QED) is 0.645. The van der Waals surface area contributed by atoms with Gasteiger partial charge in [-0.3, -0.25) is 4.90 Å². The van der Waals surface area contributed by atoms with E-state index in [4.69, 9.17) is 4.74 Å². The van der Waals surface area contributed by atoms with E-state index in [1.165, 1.54) is 0 Å². The minimum absolute atomic E-state index is 0.218. The first kappa shape index (κ1) is 9.10. The van der Waals surface area contributed by atoms with Crippen molar-refractivity contribution in [3.05, 3.63) is 12.8 Å². The van der Waals surface area contributed by atoms with Gasteiger partial charge in [-0.2, -0.15) is 0 Å². The zero-order chi connectivity index (χ0) is 8.97. The van der Waals surface area contributed by atoms with Crippen LogP contribution < -0.4 is 0 Å². The van der Waals surface area contributed by atoms with Crippen molar-refractivity contribution in [3.8, 4) is 0 Å². The van der Waals surface area contributed by atoms with E-state index >= 15 is 0 Å². The molecule has 1 fully saturated rings. The summed E-state index contributed by atoms with van der Waals surface area (Å²) >= 11 is 0. The molecule has 3 nitrogen and oxygen atoms in total. The predicted molar refractivity (Wildman–Crippen MR) is 46.7 cm³/mol. The lowest BCUT2D eigenvalue weighted by atomic mass is 10.1. The average molecular weight is 169 g/mol. The Morgan fingerprint density at radius 3 is 3.17 bits per heavy atom.